The minimum atomic E-state index is -0.374. The van der Waals surface area contributed by atoms with E-state index in [4.69, 9.17) is 21.3 Å². The first-order valence-corrected chi connectivity index (χ1v) is 9.38. The van der Waals surface area contributed by atoms with Crippen LogP contribution in [-0.4, -0.2) is 22.5 Å². The van der Waals surface area contributed by atoms with E-state index in [1.807, 2.05) is 47.9 Å². The molecular formula is C22H19ClN4O2. The Morgan fingerprint density at radius 1 is 1.07 bits per heavy atom. The number of carbonyl (C=O) groups excluding carboxylic acids is 1. The molecule has 0 unspecified atom stereocenters. The second kappa shape index (κ2) is 7.85. The van der Waals surface area contributed by atoms with Crippen LogP contribution in [0.1, 0.15) is 5.56 Å². The molecule has 0 aliphatic rings. The summed E-state index contributed by atoms with van der Waals surface area (Å²) in [4.78, 5) is 17.4. The lowest BCUT2D eigenvalue weighted by Crippen LogP contribution is -2.20. The summed E-state index contributed by atoms with van der Waals surface area (Å²) in [5.74, 6) is 1.28. The van der Waals surface area contributed by atoms with Gasteiger partial charge in [0.05, 0.1) is 7.11 Å². The van der Waals surface area contributed by atoms with E-state index < -0.39 is 0 Å². The molecule has 0 saturated carbocycles. The number of hydrogen-bond acceptors (Lipinski definition) is 3. The molecule has 6 nitrogen and oxygen atoms in total. The molecule has 2 N–H and O–H groups in total. The van der Waals surface area contributed by atoms with Gasteiger partial charge in [-0.3, -0.25) is 9.72 Å². The Bertz CT molecular complexity index is 1190. The molecule has 0 spiro atoms. The monoisotopic (exact) mass is 406 g/mol. The van der Waals surface area contributed by atoms with Crippen molar-refractivity contribution in [3.8, 4) is 17.0 Å². The smallest absolute Gasteiger partial charge is 0.324 e. The summed E-state index contributed by atoms with van der Waals surface area (Å²) in [5.41, 5.74) is 3.92. The molecule has 4 aromatic rings. The van der Waals surface area contributed by atoms with E-state index in [-0.39, 0.29) is 6.03 Å². The Kier molecular flexibility index (Phi) is 5.10. The first kappa shape index (κ1) is 18.8. The van der Waals surface area contributed by atoms with Crippen molar-refractivity contribution >= 4 is 34.8 Å². The summed E-state index contributed by atoms with van der Waals surface area (Å²) < 4.78 is 6.98. The highest BCUT2D eigenvalue weighted by Gasteiger charge is 2.17. The van der Waals surface area contributed by atoms with Crippen LogP contribution >= 0.6 is 11.6 Å². The Hall–Kier alpha value is -3.51. The lowest BCUT2D eigenvalue weighted by atomic mass is 10.1. The van der Waals surface area contributed by atoms with Crippen LogP contribution < -0.4 is 15.4 Å². The minimum absolute atomic E-state index is 0.374. The highest BCUT2D eigenvalue weighted by molar-refractivity contribution is 6.30. The summed E-state index contributed by atoms with van der Waals surface area (Å²) in [6, 6.07) is 18.0. The van der Waals surface area contributed by atoms with Crippen LogP contribution in [0.2, 0.25) is 5.02 Å². The van der Waals surface area contributed by atoms with Crippen molar-refractivity contribution in [1.29, 1.82) is 0 Å². The number of amides is 2. The van der Waals surface area contributed by atoms with E-state index in [1.165, 1.54) is 0 Å². The number of fused-ring (bicyclic) bond motifs is 1. The van der Waals surface area contributed by atoms with Gasteiger partial charge in [-0.2, -0.15) is 0 Å². The van der Waals surface area contributed by atoms with Crippen LogP contribution in [0.4, 0.5) is 16.3 Å². The maximum Gasteiger partial charge on any atom is 0.324 e. The fourth-order valence-electron chi connectivity index (χ4n) is 3.05. The molecule has 0 fully saturated rings. The highest BCUT2D eigenvalue weighted by atomic mass is 35.5. The standard InChI is InChI=1S/C22H19ClN4O2/c1-14-10-11-27-19(12-14)25-20(15-4-3-5-16(23)13-15)21(27)26-22(28)24-17-6-8-18(29-2)9-7-17/h3-13H,1-2H3,(H2,24,26,28). The van der Waals surface area contributed by atoms with Crippen molar-refractivity contribution in [3.63, 3.8) is 0 Å². The number of methoxy groups -OCH3 is 1. The first-order chi connectivity index (χ1) is 14.0. The van der Waals surface area contributed by atoms with Crippen molar-refractivity contribution < 1.29 is 9.53 Å². The fourth-order valence-corrected chi connectivity index (χ4v) is 3.24. The molecule has 7 heteroatoms. The molecule has 4 rings (SSSR count). The lowest BCUT2D eigenvalue weighted by Gasteiger charge is -2.10. The van der Waals surface area contributed by atoms with Gasteiger partial charge in [-0.1, -0.05) is 23.7 Å². The Labute approximate surface area is 173 Å². The van der Waals surface area contributed by atoms with Gasteiger partial charge in [-0.05, 0) is 61.0 Å². The molecule has 29 heavy (non-hydrogen) atoms. The van der Waals surface area contributed by atoms with Crippen LogP contribution in [0.3, 0.4) is 0 Å². The fraction of sp³-hybridized carbons (Fsp3) is 0.0909. The number of halogens is 1. The van der Waals surface area contributed by atoms with Crippen molar-refractivity contribution in [2.45, 2.75) is 6.92 Å². The van der Waals surface area contributed by atoms with Crippen LogP contribution in [0.15, 0.2) is 66.9 Å². The summed E-state index contributed by atoms with van der Waals surface area (Å²) in [5, 5.41) is 6.35. The Balaban J connectivity index is 1.69. The predicted octanol–water partition coefficient (Wildman–Crippen LogP) is 5.62. The molecule has 2 heterocycles. The number of rotatable bonds is 4. The quantitative estimate of drug-likeness (QED) is 0.462. The van der Waals surface area contributed by atoms with Crippen molar-refractivity contribution in [2.24, 2.45) is 0 Å². The number of nitrogens with one attached hydrogen (secondary N) is 2. The molecule has 0 atom stereocenters. The molecule has 2 aromatic carbocycles. The SMILES string of the molecule is COc1ccc(NC(=O)Nc2c(-c3cccc(Cl)c3)nc3cc(C)ccn23)cc1. The number of ether oxygens (including phenoxy) is 1. The molecule has 0 radical (unpaired) electrons. The van der Waals surface area contributed by atoms with E-state index in [0.717, 1.165) is 22.5 Å². The molecule has 0 aliphatic heterocycles. The zero-order valence-corrected chi connectivity index (χ0v) is 16.7. The van der Waals surface area contributed by atoms with Crippen LogP contribution in [-0.2, 0) is 0 Å². The van der Waals surface area contributed by atoms with Crippen LogP contribution in [0.25, 0.3) is 16.9 Å². The number of anilines is 2. The topological polar surface area (TPSA) is 67.7 Å². The van der Waals surface area contributed by atoms with Gasteiger partial charge in [0.25, 0.3) is 0 Å². The van der Waals surface area contributed by atoms with E-state index in [9.17, 15) is 4.79 Å². The van der Waals surface area contributed by atoms with E-state index >= 15 is 0 Å². The molecular weight excluding hydrogens is 388 g/mol. The number of urea groups is 1. The zero-order valence-electron chi connectivity index (χ0n) is 15.9. The number of benzene rings is 2. The number of nitrogens with zero attached hydrogens (tertiary/aromatic N) is 2. The van der Waals surface area contributed by atoms with Gasteiger partial charge in [-0.25, -0.2) is 9.78 Å². The van der Waals surface area contributed by atoms with Gasteiger partial charge < -0.3 is 10.1 Å². The van der Waals surface area contributed by atoms with E-state index in [0.29, 0.717) is 22.2 Å². The summed E-state index contributed by atoms with van der Waals surface area (Å²) in [6.45, 7) is 2.00. The summed E-state index contributed by atoms with van der Waals surface area (Å²) in [7, 11) is 1.60. The minimum Gasteiger partial charge on any atom is -0.497 e. The highest BCUT2D eigenvalue weighted by Crippen LogP contribution is 2.31. The molecule has 0 aliphatic carbocycles. The predicted molar refractivity (Wildman–Crippen MR) is 116 cm³/mol. The first-order valence-electron chi connectivity index (χ1n) is 9.00. The van der Waals surface area contributed by atoms with Gasteiger partial charge in [0, 0.05) is 22.5 Å². The normalized spacial score (nSPS) is 10.7. The molecule has 146 valence electrons. The lowest BCUT2D eigenvalue weighted by molar-refractivity contribution is 0.262. The Morgan fingerprint density at radius 3 is 2.59 bits per heavy atom. The van der Waals surface area contributed by atoms with Gasteiger partial charge in [-0.15, -0.1) is 0 Å². The number of pyridine rings is 1. The van der Waals surface area contributed by atoms with Crippen molar-refractivity contribution in [3.05, 3.63) is 77.4 Å². The van der Waals surface area contributed by atoms with Crippen LogP contribution in [0, 0.1) is 6.92 Å². The van der Waals surface area contributed by atoms with Gasteiger partial charge >= 0.3 is 6.03 Å². The maximum atomic E-state index is 12.7. The second-order valence-corrected chi connectivity index (χ2v) is 7.00. The number of aromatic nitrogens is 2. The third-order valence-corrected chi connectivity index (χ3v) is 4.69. The summed E-state index contributed by atoms with van der Waals surface area (Å²) in [6.07, 6.45) is 1.88. The molecule has 2 amide bonds. The number of carbonyl (C=O) groups is 1. The average molecular weight is 407 g/mol. The maximum absolute atomic E-state index is 12.7. The number of imidazole rings is 1. The van der Waals surface area contributed by atoms with Gasteiger partial charge in [0.2, 0.25) is 0 Å². The Morgan fingerprint density at radius 2 is 1.86 bits per heavy atom. The largest absolute Gasteiger partial charge is 0.497 e. The zero-order chi connectivity index (χ0) is 20.4. The third kappa shape index (κ3) is 4.02. The van der Waals surface area contributed by atoms with E-state index in [1.54, 1.807) is 37.4 Å². The average Bonchev–Trinajstić information content (AvgIpc) is 3.06. The molecule has 0 saturated heterocycles. The summed E-state index contributed by atoms with van der Waals surface area (Å²) >= 11 is 6.16. The van der Waals surface area contributed by atoms with Gasteiger partial charge in [0.15, 0.2) is 0 Å². The molecule has 0 bridgehead atoms. The van der Waals surface area contributed by atoms with Crippen molar-refractivity contribution in [1.82, 2.24) is 9.38 Å². The second-order valence-electron chi connectivity index (χ2n) is 6.56. The number of aryl methyl sites for hydroxylation is 1. The van der Waals surface area contributed by atoms with Crippen LogP contribution in [0.5, 0.6) is 5.75 Å². The van der Waals surface area contributed by atoms with Gasteiger partial charge in [0.1, 0.15) is 22.9 Å². The third-order valence-electron chi connectivity index (χ3n) is 4.46. The number of hydrogen-bond donors (Lipinski definition) is 2. The van der Waals surface area contributed by atoms with E-state index in [2.05, 4.69) is 10.6 Å². The molecule has 2 aromatic heterocycles. The van der Waals surface area contributed by atoms with Crippen molar-refractivity contribution in [2.75, 3.05) is 17.7 Å².